The van der Waals surface area contributed by atoms with Gasteiger partial charge in [0.2, 0.25) is 5.91 Å². The zero-order valence-electron chi connectivity index (χ0n) is 15.6. The van der Waals surface area contributed by atoms with Crippen molar-refractivity contribution in [2.75, 3.05) is 19.7 Å². The van der Waals surface area contributed by atoms with Crippen molar-refractivity contribution in [2.24, 2.45) is 5.92 Å². The third kappa shape index (κ3) is 6.07. The van der Waals surface area contributed by atoms with Crippen LogP contribution in [0.5, 0.6) is 5.75 Å². The first-order chi connectivity index (χ1) is 12.0. The maximum absolute atomic E-state index is 12.1. The number of ether oxygens (including phenoxy) is 1. The van der Waals surface area contributed by atoms with E-state index in [-0.39, 0.29) is 24.5 Å². The minimum atomic E-state index is -0.0992. The summed E-state index contributed by atoms with van der Waals surface area (Å²) in [5.41, 5.74) is 1.10. The molecule has 5 nitrogen and oxygen atoms in total. The monoisotopic (exact) mass is 346 g/mol. The lowest BCUT2D eigenvalue weighted by molar-refractivity contribution is -0.133. The molecule has 0 spiro atoms. The molecule has 0 bridgehead atoms. The minimum Gasteiger partial charge on any atom is -0.483 e. The van der Waals surface area contributed by atoms with Crippen LogP contribution in [0.4, 0.5) is 0 Å². The Bertz CT molecular complexity index is 578. The number of para-hydroxylation sites is 1. The number of likely N-dealkylation sites (tertiary alicyclic amines) is 1. The lowest BCUT2D eigenvalue weighted by atomic mass is 10.0. The third-order valence-electron chi connectivity index (χ3n) is 4.51. The lowest BCUT2D eigenvalue weighted by Crippen LogP contribution is -2.47. The number of hydrogen-bond acceptors (Lipinski definition) is 3. The number of rotatable bonds is 7. The molecule has 0 aromatic heterocycles. The van der Waals surface area contributed by atoms with Crippen molar-refractivity contribution in [3.8, 4) is 5.75 Å². The molecule has 0 saturated carbocycles. The first-order valence-electron chi connectivity index (χ1n) is 9.27. The minimum absolute atomic E-state index is 0.0313. The van der Waals surface area contributed by atoms with Crippen LogP contribution >= 0.6 is 0 Å². The van der Waals surface area contributed by atoms with Crippen LogP contribution in [0.25, 0.3) is 0 Å². The number of amides is 2. The predicted molar refractivity (Wildman–Crippen MR) is 98.5 cm³/mol. The molecule has 25 heavy (non-hydrogen) atoms. The molecule has 1 heterocycles. The van der Waals surface area contributed by atoms with Crippen LogP contribution in [0.2, 0.25) is 0 Å². The fourth-order valence-electron chi connectivity index (χ4n) is 3.10. The van der Waals surface area contributed by atoms with Crippen molar-refractivity contribution in [3.05, 3.63) is 29.8 Å². The number of benzene rings is 1. The largest absolute Gasteiger partial charge is 0.483 e. The summed E-state index contributed by atoms with van der Waals surface area (Å²) in [6.45, 7) is 7.65. The second-order valence-electron chi connectivity index (χ2n) is 7.07. The van der Waals surface area contributed by atoms with E-state index in [4.69, 9.17) is 4.74 Å². The van der Waals surface area contributed by atoms with Crippen molar-refractivity contribution < 1.29 is 14.3 Å². The average Bonchev–Trinajstić information content (AvgIpc) is 2.60. The van der Waals surface area contributed by atoms with Crippen LogP contribution in [0, 0.1) is 5.92 Å². The molecule has 2 amide bonds. The van der Waals surface area contributed by atoms with Gasteiger partial charge in [0.1, 0.15) is 5.75 Å². The van der Waals surface area contributed by atoms with Gasteiger partial charge in [0.25, 0.3) is 5.91 Å². The Balaban J connectivity index is 1.72. The van der Waals surface area contributed by atoms with Crippen molar-refractivity contribution in [1.82, 2.24) is 10.2 Å². The topological polar surface area (TPSA) is 58.6 Å². The number of aryl methyl sites for hydroxylation is 1. The average molecular weight is 346 g/mol. The molecule has 1 fully saturated rings. The Hall–Kier alpha value is -2.04. The number of hydrogen-bond donors (Lipinski definition) is 1. The summed E-state index contributed by atoms with van der Waals surface area (Å²) >= 11 is 0. The number of carbonyl (C=O) groups is 2. The normalized spacial score (nSPS) is 15.3. The van der Waals surface area contributed by atoms with Crippen molar-refractivity contribution >= 4 is 11.8 Å². The highest BCUT2D eigenvalue weighted by molar-refractivity contribution is 5.78. The van der Waals surface area contributed by atoms with Gasteiger partial charge in [0.05, 0.1) is 0 Å². The summed E-state index contributed by atoms with van der Waals surface area (Å²) in [6, 6.07) is 7.92. The molecule has 1 N–H and O–H groups in total. The fourth-order valence-corrected chi connectivity index (χ4v) is 3.10. The standard InChI is InChI=1S/C20H30N2O3/c1-4-16-7-5-6-8-18(16)25-14-19(23)21-17-9-11-22(12-10-17)20(24)13-15(2)3/h5-8,15,17H,4,9-14H2,1-3H3,(H,21,23). The van der Waals surface area contributed by atoms with Gasteiger partial charge in [-0.25, -0.2) is 0 Å². The van der Waals surface area contributed by atoms with Gasteiger partial charge in [0, 0.05) is 25.6 Å². The fraction of sp³-hybridized carbons (Fsp3) is 0.600. The Kier molecular flexibility index (Phi) is 7.29. The highest BCUT2D eigenvalue weighted by Crippen LogP contribution is 2.18. The van der Waals surface area contributed by atoms with E-state index in [9.17, 15) is 9.59 Å². The summed E-state index contributed by atoms with van der Waals surface area (Å²) in [5.74, 6) is 1.28. The van der Waals surface area contributed by atoms with E-state index < -0.39 is 0 Å². The van der Waals surface area contributed by atoms with Crippen LogP contribution in [0.3, 0.4) is 0 Å². The molecule has 1 saturated heterocycles. The van der Waals surface area contributed by atoms with Gasteiger partial charge in [-0.3, -0.25) is 9.59 Å². The molecule has 0 radical (unpaired) electrons. The summed E-state index contributed by atoms with van der Waals surface area (Å²) in [7, 11) is 0. The number of nitrogens with zero attached hydrogens (tertiary/aromatic N) is 1. The highest BCUT2D eigenvalue weighted by Gasteiger charge is 2.24. The predicted octanol–water partition coefficient (Wildman–Crippen LogP) is 2.78. The Morgan fingerprint density at radius 1 is 1.24 bits per heavy atom. The second kappa shape index (κ2) is 9.44. The zero-order chi connectivity index (χ0) is 18.2. The smallest absolute Gasteiger partial charge is 0.258 e. The first-order valence-corrected chi connectivity index (χ1v) is 9.27. The van der Waals surface area contributed by atoms with Crippen molar-refractivity contribution in [3.63, 3.8) is 0 Å². The van der Waals surface area contributed by atoms with Crippen molar-refractivity contribution in [1.29, 1.82) is 0 Å². The van der Waals surface area contributed by atoms with Gasteiger partial charge in [-0.2, -0.15) is 0 Å². The first kappa shape index (κ1) is 19.3. The Labute approximate surface area is 150 Å². The molecule has 1 aliphatic heterocycles. The van der Waals surface area contributed by atoms with Crippen LogP contribution in [0.1, 0.15) is 45.6 Å². The molecule has 1 aromatic carbocycles. The van der Waals surface area contributed by atoms with Gasteiger partial charge in [-0.1, -0.05) is 39.0 Å². The Morgan fingerprint density at radius 2 is 1.92 bits per heavy atom. The van der Waals surface area contributed by atoms with Gasteiger partial charge in [0.15, 0.2) is 6.61 Å². The number of piperidine rings is 1. The molecule has 1 aliphatic rings. The molecule has 1 aromatic rings. The van der Waals surface area contributed by atoms with Crippen LogP contribution in [0.15, 0.2) is 24.3 Å². The van der Waals surface area contributed by atoms with E-state index in [1.54, 1.807) is 0 Å². The van der Waals surface area contributed by atoms with E-state index in [0.29, 0.717) is 12.3 Å². The summed E-state index contributed by atoms with van der Waals surface area (Å²) in [4.78, 5) is 26.1. The molecule has 5 heteroatoms. The van der Waals surface area contributed by atoms with Crippen LogP contribution < -0.4 is 10.1 Å². The van der Waals surface area contributed by atoms with Crippen molar-refractivity contribution in [2.45, 2.75) is 52.5 Å². The molecule has 0 aliphatic carbocycles. The van der Waals surface area contributed by atoms with Gasteiger partial charge < -0.3 is 15.0 Å². The quantitative estimate of drug-likeness (QED) is 0.826. The maximum atomic E-state index is 12.1. The van der Waals surface area contributed by atoms with Gasteiger partial charge >= 0.3 is 0 Å². The molecule has 0 unspecified atom stereocenters. The zero-order valence-corrected chi connectivity index (χ0v) is 15.6. The SMILES string of the molecule is CCc1ccccc1OCC(=O)NC1CCN(C(=O)CC(C)C)CC1. The van der Waals surface area contributed by atoms with Gasteiger partial charge in [-0.15, -0.1) is 0 Å². The van der Waals surface area contributed by atoms with Gasteiger partial charge in [-0.05, 0) is 36.8 Å². The molecule has 138 valence electrons. The van der Waals surface area contributed by atoms with E-state index in [0.717, 1.165) is 43.7 Å². The number of carbonyl (C=O) groups excluding carboxylic acids is 2. The summed E-state index contributed by atoms with van der Waals surface area (Å²) < 4.78 is 5.66. The van der Waals surface area contributed by atoms with Crippen LogP contribution in [-0.4, -0.2) is 42.5 Å². The third-order valence-corrected chi connectivity index (χ3v) is 4.51. The maximum Gasteiger partial charge on any atom is 0.258 e. The molecular weight excluding hydrogens is 316 g/mol. The molecule has 2 rings (SSSR count). The summed E-state index contributed by atoms with van der Waals surface area (Å²) in [6.07, 6.45) is 3.09. The van der Waals surface area contributed by atoms with E-state index in [1.165, 1.54) is 0 Å². The molecule has 0 atom stereocenters. The number of nitrogens with one attached hydrogen (secondary N) is 1. The van der Waals surface area contributed by atoms with E-state index in [1.807, 2.05) is 29.2 Å². The Morgan fingerprint density at radius 3 is 2.56 bits per heavy atom. The van der Waals surface area contributed by atoms with Crippen LogP contribution in [-0.2, 0) is 16.0 Å². The molecular formula is C20H30N2O3. The highest BCUT2D eigenvalue weighted by atomic mass is 16.5. The summed E-state index contributed by atoms with van der Waals surface area (Å²) in [5, 5.41) is 3.02. The lowest BCUT2D eigenvalue weighted by Gasteiger charge is -2.32. The van der Waals surface area contributed by atoms with E-state index in [2.05, 4.69) is 26.1 Å². The second-order valence-corrected chi connectivity index (χ2v) is 7.07. The van der Waals surface area contributed by atoms with E-state index >= 15 is 0 Å².